The number of benzene rings is 1. The normalized spacial score (nSPS) is 22.7. The number of nitrogens with one attached hydrogen (secondary N) is 1. The average molecular weight is 412 g/mol. The number of aliphatic hydroxyl groups is 1. The third kappa shape index (κ3) is 4.56. The molecule has 159 valence electrons. The van der Waals surface area contributed by atoms with E-state index >= 15 is 0 Å². The third-order valence-corrected chi connectivity index (χ3v) is 5.66. The predicted octanol–water partition coefficient (Wildman–Crippen LogP) is 1.52. The second-order valence-corrected chi connectivity index (χ2v) is 8.44. The summed E-state index contributed by atoms with van der Waals surface area (Å²) in [5.74, 6) is -3.96. The Morgan fingerprint density at radius 2 is 1.86 bits per heavy atom. The molecule has 2 saturated heterocycles. The molecule has 2 fully saturated rings. The molecule has 0 saturated carbocycles. The van der Waals surface area contributed by atoms with Crippen LogP contribution in [0.15, 0.2) is 12.1 Å². The van der Waals surface area contributed by atoms with Crippen LogP contribution < -0.4 is 5.73 Å². The zero-order valence-corrected chi connectivity index (χ0v) is 16.4. The van der Waals surface area contributed by atoms with Gasteiger partial charge in [0.25, 0.3) is 5.91 Å². The lowest BCUT2D eigenvalue weighted by Crippen LogP contribution is -2.47. The van der Waals surface area contributed by atoms with E-state index in [0.717, 1.165) is 12.5 Å². The van der Waals surface area contributed by atoms with E-state index in [4.69, 9.17) is 5.73 Å². The Kier molecular flexibility index (Phi) is 5.91. The molecule has 3 atom stereocenters. The second kappa shape index (κ2) is 7.95. The van der Waals surface area contributed by atoms with Crippen LogP contribution in [-0.4, -0.2) is 64.0 Å². The van der Waals surface area contributed by atoms with Crippen LogP contribution in [0.4, 0.5) is 13.2 Å². The first-order valence-electron chi connectivity index (χ1n) is 9.63. The molecule has 1 aromatic rings. The summed E-state index contributed by atoms with van der Waals surface area (Å²) in [6.45, 7) is 4.18. The number of fused-ring (bicyclic) bond motifs is 1. The van der Waals surface area contributed by atoms with E-state index in [9.17, 15) is 27.9 Å². The van der Waals surface area contributed by atoms with Gasteiger partial charge < -0.3 is 14.9 Å². The summed E-state index contributed by atoms with van der Waals surface area (Å²) in [4.78, 5) is 28.2. The summed E-state index contributed by atoms with van der Waals surface area (Å²) >= 11 is 0. The zero-order valence-electron chi connectivity index (χ0n) is 16.4. The first-order valence-corrected chi connectivity index (χ1v) is 9.63. The van der Waals surface area contributed by atoms with Gasteiger partial charge >= 0.3 is 0 Å². The van der Waals surface area contributed by atoms with Crippen LogP contribution in [0.2, 0.25) is 0 Å². The largest absolute Gasteiger partial charge is 0.381 e. The molecule has 0 unspecified atom stereocenters. The van der Waals surface area contributed by atoms with Gasteiger partial charge in [-0.05, 0) is 38.3 Å². The Morgan fingerprint density at radius 1 is 1.21 bits per heavy atom. The molecule has 2 aliphatic heterocycles. The van der Waals surface area contributed by atoms with E-state index in [0.29, 0.717) is 25.7 Å². The number of carbonyl (C=O) groups is 2. The Bertz CT molecular complexity index is 812. The molecule has 9 heteroatoms. The van der Waals surface area contributed by atoms with Gasteiger partial charge in [0, 0.05) is 44.1 Å². The van der Waals surface area contributed by atoms with Crippen molar-refractivity contribution in [3.63, 3.8) is 0 Å². The van der Waals surface area contributed by atoms with Gasteiger partial charge in [-0.25, -0.2) is 13.2 Å². The van der Waals surface area contributed by atoms with Crippen molar-refractivity contribution in [2.24, 2.45) is 5.92 Å². The van der Waals surface area contributed by atoms with Crippen molar-refractivity contribution in [2.45, 2.75) is 50.8 Å². The van der Waals surface area contributed by atoms with Crippen LogP contribution in [-0.2, 0) is 16.0 Å². The summed E-state index contributed by atoms with van der Waals surface area (Å²) in [6.07, 6.45) is 0.341. The minimum atomic E-state index is -1.48. The van der Waals surface area contributed by atoms with Crippen LogP contribution in [0.25, 0.3) is 0 Å². The maximum Gasteiger partial charge on any atom is 0.254 e. The summed E-state index contributed by atoms with van der Waals surface area (Å²) in [7, 11) is 0. The lowest BCUT2D eigenvalue weighted by molar-refractivity contribution is -0.147. The highest BCUT2D eigenvalue weighted by Crippen LogP contribution is 2.33. The predicted molar refractivity (Wildman–Crippen MR) is 98.0 cm³/mol. The molecule has 2 heterocycles. The fourth-order valence-electron chi connectivity index (χ4n) is 4.21. The standard InChI is InChI=1S/C20H25F3N3O3/c1-20(2,29)19(28)25-9-11-3-4-26(17(11)10-25)18(27)7-13(24)5-12-6-15(22)16(23)8-14(12)21/h6,8,11,13,17,24,29H,3-5,7,9-10H2,1-2H3/t11-,13+,17+/m0/s1. The number of halogens is 3. The van der Waals surface area contributed by atoms with Gasteiger partial charge in [0.1, 0.15) is 11.4 Å². The summed E-state index contributed by atoms with van der Waals surface area (Å²) in [5, 5.41) is 9.93. The number of amides is 2. The van der Waals surface area contributed by atoms with Gasteiger partial charge in [0.15, 0.2) is 11.6 Å². The third-order valence-electron chi connectivity index (χ3n) is 5.66. The SMILES string of the molecule is CC(C)(O)C(=O)N1C[C@@H]2CCN(C(=O)C[C@H]([NH])Cc3cc(F)c(F)cc3F)[C@@H]2C1. The van der Waals surface area contributed by atoms with Crippen molar-refractivity contribution >= 4 is 11.8 Å². The molecule has 0 bridgehead atoms. The Morgan fingerprint density at radius 3 is 2.52 bits per heavy atom. The van der Waals surface area contributed by atoms with Gasteiger partial charge in [0.05, 0.1) is 6.04 Å². The number of hydrogen-bond acceptors (Lipinski definition) is 3. The molecule has 29 heavy (non-hydrogen) atoms. The molecule has 6 nitrogen and oxygen atoms in total. The fourth-order valence-corrected chi connectivity index (χ4v) is 4.21. The Hall–Kier alpha value is -2.13. The molecule has 2 amide bonds. The van der Waals surface area contributed by atoms with Gasteiger partial charge in [-0.2, -0.15) is 0 Å². The van der Waals surface area contributed by atoms with Gasteiger partial charge in [0.2, 0.25) is 5.91 Å². The topological polar surface area (TPSA) is 84.7 Å². The molecule has 3 rings (SSSR count). The first kappa shape index (κ1) is 21.6. The molecule has 0 spiro atoms. The van der Waals surface area contributed by atoms with E-state index in [1.54, 1.807) is 9.80 Å². The summed E-state index contributed by atoms with van der Waals surface area (Å²) in [6, 6.07) is -0.00564. The lowest BCUT2D eigenvalue weighted by atomic mass is 10.0. The molecule has 2 aliphatic rings. The average Bonchev–Trinajstić information content (AvgIpc) is 3.18. The molecule has 0 aliphatic carbocycles. The minimum Gasteiger partial charge on any atom is -0.381 e. The van der Waals surface area contributed by atoms with E-state index < -0.39 is 29.1 Å². The Labute approximate surface area is 167 Å². The fraction of sp³-hybridized carbons (Fsp3) is 0.600. The minimum absolute atomic E-state index is 0.123. The number of carbonyl (C=O) groups excluding carboxylic acids is 2. The van der Waals surface area contributed by atoms with Crippen molar-refractivity contribution in [2.75, 3.05) is 19.6 Å². The highest BCUT2D eigenvalue weighted by atomic mass is 19.2. The number of likely N-dealkylation sites (tertiary alicyclic amines) is 2. The van der Waals surface area contributed by atoms with E-state index in [1.165, 1.54) is 13.8 Å². The van der Waals surface area contributed by atoms with Crippen LogP contribution in [0.3, 0.4) is 0 Å². The lowest BCUT2D eigenvalue weighted by Gasteiger charge is -2.28. The van der Waals surface area contributed by atoms with E-state index in [-0.39, 0.29) is 42.2 Å². The zero-order chi connectivity index (χ0) is 21.5. The molecular weight excluding hydrogens is 387 g/mol. The second-order valence-electron chi connectivity index (χ2n) is 8.44. The highest BCUT2D eigenvalue weighted by Gasteiger charge is 2.46. The van der Waals surface area contributed by atoms with Crippen LogP contribution in [0, 0.1) is 23.4 Å². The summed E-state index contributed by atoms with van der Waals surface area (Å²) < 4.78 is 40.1. The maximum absolute atomic E-state index is 13.8. The van der Waals surface area contributed by atoms with Gasteiger partial charge in [-0.1, -0.05) is 0 Å². The number of hydrogen-bond donors (Lipinski definition) is 1. The van der Waals surface area contributed by atoms with Crippen molar-refractivity contribution < 1.29 is 27.9 Å². The van der Waals surface area contributed by atoms with Gasteiger partial charge in [-0.15, -0.1) is 0 Å². The summed E-state index contributed by atoms with van der Waals surface area (Å²) in [5.41, 5.74) is 6.46. The van der Waals surface area contributed by atoms with Crippen molar-refractivity contribution in [3.8, 4) is 0 Å². The van der Waals surface area contributed by atoms with Crippen LogP contribution in [0.1, 0.15) is 32.3 Å². The van der Waals surface area contributed by atoms with E-state index in [1.807, 2.05) is 0 Å². The molecule has 0 aromatic heterocycles. The van der Waals surface area contributed by atoms with E-state index in [2.05, 4.69) is 0 Å². The monoisotopic (exact) mass is 412 g/mol. The Balaban J connectivity index is 1.60. The van der Waals surface area contributed by atoms with Crippen molar-refractivity contribution in [1.29, 1.82) is 0 Å². The van der Waals surface area contributed by atoms with Crippen LogP contribution >= 0.6 is 0 Å². The quantitative estimate of drug-likeness (QED) is 0.745. The molecular formula is C20H25F3N3O3. The maximum atomic E-state index is 13.8. The smallest absolute Gasteiger partial charge is 0.254 e. The van der Waals surface area contributed by atoms with Crippen molar-refractivity contribution in [3.05, 3.63) is 35.1 Å². The van der Waals surface area contributed by atoms with Crippen LogP contribution in [0.5, 0.6) is 0 Å². The van der Waals surface area contributed by atoms with Crippen molar-refractivity contribution in [1.82, 2.24) is 15.5 Å². The number of rotatable bonds is 5. The van der Waals surface area contributed by atoms with Gasteiger partial charge in [-0.3, -0.25) is 15.3 Å². The molecule has 1 radical (unpaired) electrons. The molecule has 1 aromatic carbocycles. The number of nitrogens with zero attached hydrogens (tertiary/aromatic N) is 2. The first-order chi connectivity index (χ1) is 13.5. The highest BCUT2D eigenvalue weighted by molar-refractivity contribution is 5.84. The molecule has 2 N–H and O–H groups in total.